The van der Waals surface area contributed by atoms with E-state index in [-0.39, 0.29) is 13.2 Å². The molecule has 0 bridgehead atoms. The molecule has 0 aromatic heterocycles. The summed E-state index contributed by atoms with van der Waals surface area (Å²) in [6, 6.07) is 0. The Morgan fingerprint density at radius 2 is 1.70 bits per heavy atom. The molecule has 0 amide bonds. The Morgan fingerprint density at radius 1 is 1.50 bits per heavy atom. The fraction of sp³-hybridized carbons (Fsp3) is 0.800. The van der Waals surface area contributed by atoms with Gasteiger partial charge in [0.2, 0.25) is 0 Å². The number of hydrogen-bond donors (Lipinski definition) is 4. The van der Waals surface area contributed by atoms with Gasteiger partial charge in [-0.3, -0.25) is 0 Å². The smallest absolute Gasteiger partial charge is 0.100 e. The fourth-order valence-corrected chi connectivity index (χ4v) is 0.0577. The Kier molecular flexibility index (Phi) is 10.9. The molecule has 0 saturated heterocycles. The van der Waals surface area contributed by atoms with Crippen molar-refractivity contribution in [2.45, 2.75) is 13.0 Å². The molecule has 4 nitrogen and oxygen atoms in total. The first-order valence-electron chi connectivity index (χ1n) is 2.70. The van der Waals surface area contributed by atoms with Crippen molar-refractivity contribution in [1.29, 1.82) is 0 Å². The number of nitrogens with two attached hydrogens (primary N) is 1. The lowest BCUT2D eigenvalue weighted by Gasteiger charge is -1.96. The highest BCUT2D eigenvalue weighted by Gasteiger charge is 1.93. The predicted molar refractivity (Wildman–Crippen MR) is 42.6 cm³/mol. The van der Waals surface area contributed by atoms with E-state index in [2.05, 4.69) is 12.2 Å². The van der Waals surface area contributed by atoms with Crippen LogP contribution in [0.4, 0.5) is 0 Å². The fourth-order valence-electron chi connectivity index (χ4n) is 0.0577. The van der Waals surface area contributed by atoms with Crippen molar-refractivity contribution in [3.8, 4) is 0 Å². The lowest BCUT2D eigenvalue weighted by molar-refractivity contribution is 0.0450. The van der Waals surface area contributed by atoms with Crippen LogP contribution in [0.1, 0.15) is 6.92 Å². The van der Waals surface area contributed by atoms with E-state index in [1.54, 1.807) is 6.92 Å². The standard InChI is InChI=1S/C3H8O3.C2H5NS/c4-1-3(6)2-5;1-2(3)4/h3-6H,1-2H2;1H3,(H2,3,4). The average molecular weight is 167 g/mol. The topological polar surface area (TPSA) is 86.7 Å². The molecular weight excluding hydrogens is 154 g/mol. The minimum Gasteiger partial charge on any atom is -0.394 e. The maximum absolute atomic E-state index is 8.17. The molecule has 0 unspecified atom stereocenters. The first-order chi connectivity index (χ1) is 4.54. The Morgan fingerprint density at radius 3 is 1.70 bits per heavy atom. The quantitative estimate of drug-likeness (QED) is 0.381. The minimum atomic E-state index is -0.954. The zero-order valence-corrected chi connectivity index (χ0v) is 6.64. The maximum atomic E-state index is 8.17. The van der Waals surface area contributed by atoms with Crippen LogP contribution in [0.3, 0.4) is 0 Å². The number of aliphatic hydroxyl groups excluding tert-OH is 3. The van der Waals surface area contributed by atoms with E-state index < -0.39 is 6.10 Å². The molecule has 0 heterocycles. The molecule has 0 aromatic rings. The molecule has 0 radical (unpaired) electrons. The summed E-state index contributed by atoms with van der Waals surface area (Å²) >= 11 is 4.31. The highest BCUT2D eigenvalue weighted by molar-refractivity contribution is 7.80. The van der Waals surface area contributed by atoms with Crippen LogP contribution < -0.4 is 5.73 Å². The van der Waals surface area contributed by atoms with Gasteiger partial charge in [-0.05, 0) is 6.92 Å². The third-order valence-electron chi connectivity index (χ3n) is 0.421. The molecule has 0 aliphatic rings. The van der Waals surface area contributed by atoms with Gasteiger partial charge >= 0.3 is 0 Å². The highest BCUT2D eigenvalue weighted by atomic mass is 32.1. The van der Waals surface area contributed by atoms with E-state index in [1.807, 2.05) is 0 Å². The first-order valence-corrected chi connectivity index (χ1v) is 3.11. The van der Waals surface area contributed by atoms with Gasteiger partial charge in [0.05, 0.1) is 18.2 Å². The summed E-state index contributed by atoms with van der Waals surface area (Å²) in [4.78, 5) is 0.500. The summed E-state index contributed by atoms with van der Waals surface area (Å²) in [6.07, 6.45) is -0.954. The minimum absolute atomic E-state index is 0.365. The molecule has 0 atom stereocenters. The first kappa shape index (κ1) is 12.4. The zero-order chi connectivity index (χ0) is 8.57. The molecule has 0 aromatic carbocycles. The van der Waals surface area contributed by atoms with Gasteiger partial charge in [-0.15, -0.1) is 0 Å². The van der Waals surface area contributed by atoms with Crippen LogP contribution in [0.2, 0.25) is 0 Å². The summed E-state index contributed by atoms with van der Waals surface area (Å²) in [6.45, 7) is 0.947. The second kappa shape index (κ2) is 8.77. The summed E-state index contributed by atoms with van der Waals surface area (Å²) in [5.74, 6) is 0. The van der Waals surface area contributed by atoms with Gasteiger partial charge in [-0.2, -0.15) is 0 Å². The second-order valence-electron chi connectivity index (χ2n) is 1.63. The largest absolute Gasteiger partial charge is 0.394 e. The van der Waals surface area contributed by atoms with E-state index in [4.69, 9.17) is 21.1 Å². The van der Waals surface area contributed by atoms with E-state index in [0.717, 1.165) is 0 Å². The van der Waals surface area contributed by atoms with Crippen LogP contribution in [0.5, 0.6) is 0 Å². The normalized spacial score (nSPS) is 8.50. The highest BCUT2D eigenvalue weighted by Crippen LogP contribution is 1.71. The van der Waals surface area contributed by atoms with Gasteiger partial charge in [0.1, 0.15) is 6.10 Å². The predicted octanol–water partition coefficient (Wildman–Crippen LogP) is -1.38. The van der Waals surface area contributed by atoms with Gasteiger partial charge < -0.3 is 21.1 Å². The number of thiocarbonyl (C=S) groups is 1. The molecule has 0 aliphatic carbocycles. The molecular formula is C5H13NO3S. The zero-order valence-electron chi connectivity index (χ0n) is 5.82. The molecule has 5 heteroatoms. The molecule has 0 rings (SSSR count). The summed E-state index contributed by atoms with van der Waals surface area (Å²) in [7, 11) is 0. The summed E-state index contributed by atoms with van der Waals surface area (Å²) in [5, 5.41) is 24.0. The van der Waals surface area contributed by atoms with Gasteiger partial charge in [0.15, 0.2) is 0 Å². The van der Waals surface area contributed by atoms with Gasteiger partial charge in [0, 0.05) is 0 Å². The Labute approximate surface area is 65.3 Å². The van der Waals surface area contributed by atoms with Crippen LogP contribution in [0, 0.1) is 0 Å². The van der Waals surface area contributed by atoms with Crippen molar-refractivity contribution < 1.29 is 15.3 Å². The Balaban J connectivity index is 0. The Hall–Kier alpha value is -0.230. The third kappa shape index (κ3) is 25.1. The van der Waals surface area contributed by atoms with Crippen LogP contribution in [0.25, 0.3) is 0 Å². The lowest BCUT2D eigenvalue weighted by Crippen LogP contribution is -2.15. The van der Waals surface area contributed by atoms with Crippen molar-refractivity contribution in [2.24, 2.45) is 5.73 Å². The molecule has 0 aliphatic heterocycles. The van der Waals surface area contributed by atoms with Crippen LogP contribution in [-0.4, -0.2) is 39.6 Å². The lowest BCUT2D eigenvalue weighted by atomic mass is 10.4. The molecule has 5 N–H and O–H groups in total. The van der Waals surface area contributed by atoms with Crippen LogP contribution in [0.15, 0.2) is 0 Å². The number of aliphatic hydroxyl groups is 3. The monoisotopic (exact) mass is 167 g/mol. The Bertz CT molecular complexity index is 81.0. The van der Waals surface area contributed by atoms with Gasteiger partial charge in [-0.25, -0.2) is 0 Å². The van der Waals surface area contributed by atoms with Crippen LogP contribution >= 0.6 is 12.2 Å². The summed E-state index contributed by atoms with van der Waals surface area (Å²) < 4.78 is 0. The molecule has 62 valence electrons. The number of rotatable bonds is 2. The number of hydrogen-bond acceptors (Lipinski definition) is 4. The molecule has 0 fully saturated rings. The van der Waals surface area contributed by atoms with Crippen molar-refractivity contribution in [2.75, 3.05) is 13.2 Å². The van der Waals surface area contributed by atoms with Crippen molar-refractivity contribution >= 4 is 17.2 Å². The second-order valence-corrected chi connectivity index (χ2v) is 2.27. The third-order valence-corrected chi connectivity index (χ3v) is 0.421. The summed E-state index contributed by atoms with van der Waals surface area (Å²) in [5.41, 5.74) is 4.84. The van der Waals surface area contributed by atoms with Gasteiger partial charge in [0.25, 0.3) is 0 Å². The van der Waals surface area contributed by atoms with Crippen LogP contribution in [-0.2, 0) is 0 Å². The molecule has 10 heavy (non-hydrogen) atoms. The molecule has 0 spiro atoms. The van der Waals surface area contributed by atoms with E-state index in [0.29, 0.717) is 4.99 Å². The van der Waals surface area contributed by atoms with Crippen molar-refractivity contribution in [3.05, 3.63) is 0 Å². The van der Waals surface area contributed by atoms with Gasteiger partial charge in [-0.1, -0.05) is 12.2 Å². The average Bonchev–Trinajstić information content (AvgIpc) is 1.85. The van der Waals surface area contributed by atoms with E-state index in [1.165, 1.54) is 0 Å². The maximum Gasteiger partial charge on any atom is 0.100 e. The van der Waals surface area contributed by atoms with Crippen molar-refractivity contribution in [3.63, 3.8) is 0 Å². The SMILES string of the molecule is CC(N)=S.OCC(O)CO. The van der Waals surface area contributed by atoms with E-state index >= 15 is 0 Å². The van der Waals surface area contributed by atoms with E-state index in [9.17, 15) is 0 Å². The molecule has 0 saturated carbocycles. The van der Waals surface area contributed by atoms with Crippen molar-refractivity contribution in [1.82, 2.24) is 0 Å².